The van der Waals surface area contributed by atoms with E-state index >= 15 is 0 Å². The second-order valence-electron chi connectivity index (χ2n) is 7.03. The molecule has 2 aromatic rings. The highest BCUT2D eigenvalue weighted by Crippen LogP contribution is 2.28. The fraction of sp³-hybridized carbons (Fsp3) is 0.526. The van der Waals surface area contributed by atoms with Gasteiger partial charge in [0.05, 0.1) is 5.52 Å². The maximum absolute atomic E-state index is 12.9. The molecular formula is C19H24N4O2. The van der Waals surface area contributed by atoms with Gasteiger partial charge in [0.2, 0.25) is 0 Å². The van der Waals surface area contributed by atoms with Gasteiger partial charge in [-0.2, -0.15) is 0 Å². The zero-order valence-corrected chi connectivity index (χ0v) is 14.6. The van der Waals surface area contributed by atoms with Crippen molar-refractivity contribution in [3.63, 3.8) is 0 Å². The molecule has 1 amide bonds. The Morgan fingerprint density at radius 1 is 1.12 bits per heavy atom. The van der Waals surface area contributed by atoms with Crippen molar-refractivity contribution in [1.82, 2.24) is 14.9 Å². The van der Waals surface area contributed by atoms with Gasteiger partial charge >= 0.3 is 0 Å². The quantitative estimate of drug-likeness (QED) is 0.839. The van der Waals surface area contributed by atoms with Gasteiger partial charge in [0, 0.05) is 38.2 Å². The van der Waals surface area contributed by atoms with E-state index in [-0.39, 0.29) is 5.91 Å². The molecule has 2 aliphatic heterocycles. The van der Waals surface area contributed by atoms with Gasteiger partial charge in [0.1, 0.15) is 17.7 Å². The second kappa shape index (κ2) is 6.59. The largest absolute Gasteiger partial charge is 0.365 e. The minimum absolute atomic E-state index is 0.138. The molecule has 0 aliphatic carbocycles. The van der Waals surface area contributed by atoms with Gasteiger partial charge in [-0.1, -0.05) is 12.1 Å². The summed E-state index contributed by atoms with van der Waals surface area (Å²) in [4.78, 5) is 25.9. The molecule has 132 valence electrons. The van der Waals surface area contributed by atoms with Crippen LogP contribution < -0.4 is 4.90 Å². The smallest absolute Gasteiger partial charge is 0.254 e. The predicted molar refractivity (Wildman–Crippen MR) is 96.5 cm³/mol. The number of hydrogen-bond acceptors (Lipinski definition) is 5. The average molecular weight is 340 g/mol. The maximum Gasteiger partial charge on any atom is 0.254 e. The lowest BCUT2D eigenvalue weighted by Crippen LogP contribution is -2.56. The van der Waals surface area contributed by atoms with Crippen LogP contribution in [0.25, 0.3) is 10.9 Å². The zero-order chi connectivity index (χ0) is 17.3. The van der Waals surface area contributed by atoms with E-state index in [1.54, 1.807) is 6.33 Å². The van der Waals surface area contributed by atoms with Gasteiger partial charge in [0.25, 0.3) is 5.91 Å². The molecule has 6 heteroatoms. The molecule has 0 bridgehead atoms. The summed E-state index contributed by atoms with van der Waals surface area (Å²) in [5.41, 5.74) is 0.316. The van der Waals surface area contributed by atoms with Gasteiger partial charge < -0.3 is 14.5 Å². The summed E-state index contributed by atoms with van der Waals surface area (Å²) in [7, 11) is 0. The molecule has 0 radical (unpaired) electrons. The fourth-order valence-electron chi connectivity index (χ4n) is 3.80. The molecular weight excluding hydrogens is 316 g/mol. The van der Waals surface area contributed by atoms with Crippen LogP contribution >= 0.6 is 0 Å². The Labute approximate surface area is 147 Å². The summed E-state index contributed by atoms with van der Waals surface area (Å²) in [5.74, 6) is 1.09. The van der Waals surface area contributed by atoms with Crippen molar-refractivity contribution in [3.05, 3.63) is 30.6 Å². The molecule has 0 saturated carbocycles. The molecule has 3 heterocycles. The van der Waals surface area contributed by atoms with Gasteiger partial charge in [0.15, 0.2) is 0 Å². The minimum atomic E-state index is -0.637. The fourth-order valence-corrected chi connectivity index (χ4v) is 3.80. The summed E-state index contributed by atoms with van der Waals surface area (Å²) in [6, 6.07) is 8.05. The number of anilines is 1. The molecule has 6 nitrogen and oxygen atoms in total. The number of nitrogens with zero attached hydrogens (tertiary/aromatic N) is 4. The first-order valence-corrected chi connectivity index (χ1v) is 9.05. The normalized spacial score (nSPS) is 24.5. The Morgan fingerprint density at radius 2 is 1.92 bits per heavy atom. The first-order valence-electron chi connectivity index (χ1n) is 9.05. The van der Waals surface area contributed by atoms with Crippen molar-refractivity contribution in [3.8, 4) is 0 Å². The van der Waals surface area contributed by atoms with Crippen LogP contribution in [0.1, 0.15) is 26.2 Å². The van der Waals surface area contributed by atoms with Gasteiger partial charge in [-0.3, -0.25) is 4.79 Å². The van der Waals surface area contributed by atoms with E-state index in [9.17, 15) is 4.79 Å². The maximum atomic E-state index is 12.9. The number of hydrogen-bond donors (Lipinski definition) is 0. The highest BCUT2D eigenvalue weighted by atomic mass is 16.5. The van der Waals surface area contributed by atoms with E-state index in [0.717, 1.165) is 49.1 Å². The van der Waals surface area contributed by atoms with E-state index in [0.29, 0.717) is 19.7 Å². The lowest BCUT2D eigenvalue weighted by Gasteiger charge is -2.41. The molecule has 4 rings (SSSR count). The number of piperazine rings is 1. The Bertz CT molecular complexity index is 760. The van der Waals surface area contributed by atoms with Crippen LogP contribution in [0.2, 0.25) is 0 Å². The van der Waals surface area contributed by atoms with E-state index < -0.39 is 5.60 Å². The third-order valence-corrected chi connectivity index (χ3v) is 5.31. The molecule has 0 unspecified atom stereocenters. The van der Waals surface area contributed by atoms with Crippen LogP contribution in [-0.2, 0) is 9.53 Å². The average Bonchev–Trinajstić information content (AvgIpc) is 2.68. The molecule has 2 fully saturated rings. The van der Waals surface area contributed by atoms with Crippen LogP contribution in [0.3, 0.4) is 0 Å². The number of ether oxygens (including phenoxy) is 1. The van der Waals surface area contributed by atoms with Gasteiger partial charge in [-0.05, 0) is 38.3 Å². The van der Waals surface area contributed by atoms with Crippen LogP contribution in [0, 0.1) is 0 Å². The van der Waals surface area contributed by atoms with Crippen molar-refractivity contribution < 1.29 is 9.53 Å². The topological polar surface area (TPSA) is 58.6 Å². The zero-order valence-electron chi connectivity index (χ0n) is 14.6. The predicted octanol–water partition coefficient (Wildman–Crippen LogP) is 2.24. The SMILES string of the molecule is C[C@@]1(C(=O)N2CCN(c3ncnc4ccccc34)CC2)CCCCO1. The van der Waals surface area contributed by atoms with Crippen molar-refractivity contribution in [2.75, 3.05) is 37.7 Å². The molecule has 1 aromatic carbocycles. The Hall–Kier alpha value is -2.21. The van der Waals surface area contributed by atoms with Crippen LogP contribution in [0.5, 0.6) is 0 Å². The standard InChI is InChI=1S/C19H24N4O2/c1-19(8-4-5-13-25-19)18(24)23-11-9-22(10-12-23)17-15-6-2-3-7-16(15)20-14-21-17/h2-3,6-7,14H,4-5,8-13H2,1H3/t19-/m0/s1. The van der Waals surface area contributed by atoms with Crippen LogP contribution in [0.4, 0.5) is 5.82 Å². The number of para-hydroxylation sites is 1. The first kappa shape index (κ1) is 16.3. The number of fused-ring (bicyclic) bond motifs is 1. The number of carbonyl (C=O) groups is 1. The minimum Gasteiger partial charge on any atom is -0.365 e. The van der Waals surface area contributed by atoms with Crippen LogP contribution in [-0.4, -0.2) is 59.2 Å². The monoisotopic (exact) mass is 340 g/mol. The van der Waals surface area contributed by atoms with Gasteiger partial charge in [-0.25, -0.2) is 9.97 Å². The number of carbonyl (C=O) groups excluding carboxylic acids is 1. The Kier molecular flexibility index (Phi) is 4.29. The van der Waals surface area contributed by atoms with Crippen molar-refractivity contribution in [2.45, 2.75) is 31.8 Å². The summed E-state index contributed by atoms with van der Waals surface area (Å²) in [6.45, 7) is 5.60. The number of benzene rings is 1. The molecule has 25 heavy (non-hydrogen) atoms. The highest BCUT2D eigenvalue weighted by molar-refractivity contribution is 5.89. The summed E-state index contributed by atoms with van der Waals surface area (Å²) >= 11 is 0. The second-order valence-corrected chi connectivity index (χ2v) is 7.03. The molecule has 2 saturated heterocycles. The molecule has 1 aromatic heterocycles. The Balaban J connectivity index is 1.47. The summed E-state index contributed by atoms with van der Waals surface area (Å²) in [6.07, 6.45) is 4.56. The molecule has 1 atom stereocenters. The van der Waals surface area contributed by atoms with Crippen molar-refractivity contribution in [2.24, 2.45) is 0 Å². The van der Waals surface area contributed by atoms with Gasteiger partial charge in [-0.15, -0.1) is 0 Å². The number of aromatic nitrogens is 2. The van der Waals surface area contributed by atoms with Crippen LogP contribution in [0.15, 0.2) is 30.6 Å². The third kappa shape index (κ3) is 3.06. The molecule has 0 spiro atoms. The van der Waals surface area contributed by atoms with E-state index in [4.69, 9.17) is 4.74 Å². The van der Waals surface area contributed by atoms with Crippen molar-refractivity contribution in [1.29, 1.82) is 0 Å². The van der Waals surface area contributed by atoms with E-state index in [2.05, 4.69) is 20.9 Å². The van der Waals surface area contributed by atoms with E-state index in [1.165, 1.54) is 0 Å². The number of rotatable bonds is 2. The first-order chi connectivity index (χ1) is 12.2. The third-order valence-electron chi connectivity index (χ3n) is 5.31. The lowest BCUT2D eigenvalue weighted by molar-refractivity contribution is -0.162. The van der Waals surface area contributed by atoms with E-state index in [1.807, 2.05) is 30.0 Å². The molecule has 0 N–H and O–H groups in total. The van der Waals surface area contributed by atoms with Crippen molar-refractivity contribution >= 4 is 22.6 Å². The summed E-state index contributed by atoms with van der Waals surface area (Å²) in [5, 5.41) is 1.06. The highest BCUT2D eigenvalue weighted by Gasteiger charge is 2.40. The Morgan fingerprint density at radius 3 is 2.68 bits per heavy atom. The lowest BCUT2D eigenvalue weighted by atomic mass is 9.94. The summed E-state index contributed by atoms with van der Waals surface area (Å²) < 4.78 is 5.82. The number of amides is 1. The molecule has 2 aliphatic rings.